The third kappa shape index (κ3) is 3.69. The van der Waals surface area contributed by atoms with Gasteiger partial charge < -0.3 is 19.0 Å². The summed E-state index contributed by atoms with van der Waals surface area (Å²) in [6, 6.07) is 12.7. The average molecular weight is 378 g/mol. The number of nitrogens with zero attached hydrogens (tertiary/aromatic N) is 4. The van der Waals surface area contributed by atoms with Gasteiger partial charge in [-0.3, -0.25) is 0 Å². The third-order valence-electron chi connectivity index (χ3n) is 5.64. The quantitative estimate of drug-likeness (QED) is 0.610. The molecule has 0 amide bonds. The van der Waals surface area contributed by atoms with Crippen LogP contribution in [0.2, 0.25) is 0 Å². The predicted octanol–water partition coefficient (Wildman–Crippen LogP) is 3.65. The largest absolute Gasteiger partial charge is 0.478 e. The number of anilines is 1. The van der Waals surface area contributed by atoms with Gasteiger partial charge in [-0.25, -0.2) is 4.98 Å². The number of ether oxygens (including phenoxy) is 1. The Bertz CT molecular complexity index is 916. The summed E-state index contributed by atoms with van der Waals surface area (Å²) in [7, 11) is 0. The first-order valence-corrected chi connectivity index (χ1v) is 10.3. The van der Waals surface area contributed by atoms with Crippen LogP contribution in [0.25, 0.3) is 11.1 Å². The van der Waals surface area contributed by atoms with Gasteiger partial charge >= 0.3 is 0 Å². The standard InChI is InChI=1S/C22H26N4O2/c1-2-7-20-19(6-1)24-22(28-20)26-14-10-18-17(16-26)8-9-21(23-18)27-15-5-13-25-11-3-4-12-25/h1-2,6-9H,3-5,10-16H2. The minimum Gasteiger partial charge on any atom is -0.478 e. The van der Waals surface area contributed by atoms with E-state index in [1.165, 1.54) is 31.5 Å². The van der Waals surface area contributed by atoms with Crippen molar-refractivity contribution in [3.8, 4) is 5.88 Å². The molecule has 4 heterocycles. The van der Waals surface area contributed by atoms with Crippen LogP contribution in [0.3, 0.4) is 0 Å². The van der Waals surface area contributed by atoms with Crippen LogP contribution < -0.4 is 9.64 Å². The van der Waals surface area contributed by atoms with Crippen molar-refractivity contribution < 1.29 is 9.15 Å². The molecule has 0 atom stereocenters. The molecule has 0 bridgehead atoms. The third-order valence-corrected chi connectivity index (χ3v) is 5.64. The maximum atomic E-state index is 5.92. The van der Waals surface area contributed by atoms with Crippen molar-refractivity contribution in [1.82, 2.24) is 14.9 Å². The number of pyridine rings is 1. The molecule has 5 rings (SSSR count). The van der Waals surface area contributed by atoms with Crippen molar-refractivity contribution >= 4 is 17.1 Å². The average Bonchev–Trinajstić information content (AvgIpc) is 3.40. The normalized spacial score (nSPS) is 17.2. The van der Waals surface area contributed by atoms with Gasteiger partial charge in [0.05, 0.1) is 12.3 Å². The van der Waals surface area contributed by atoms with E-state index in [0.717, 1.165) is 61.8 Å². The molecule has 0 radical (unpaired) electrons. The zero-order chi connectivity index (χ0) is 18.8. The predicted molar refractivity (Wildman–Crippen MR) is 109 cm³/mol. The second kappa shape index (κ2) is 7.80. The summed E-state index contributed by atoms with van der Waals surface area (Å²) < 4.78 is 11.8. The second-order valence-electron chi connectivity index (χ2n) is 7.64. The van der Waals surface area contributed by atoms with Gasteiger partial charge in [0.25, 0.3) is 6.01 Å². The van der Waals surface area contributed by atoms with Gasteiger partial charge in [0.15, 0.2) is 5.58 Å². The van der Waals surface area contributed by atoms with Crippen molar-refractivity contribution in [2.24, 2.45) is 0 Å². The molecule has 2 aliphatic rings. The number of likely N-dealkylation sites (tertiary alicyclic amines) is 1. The highest BCUT2D eigenvalue weighted by Crippen LogP contribution is 2.27. The molecule has 6 heteroatoms. The molecule has 1 aromatic carbocycles. The lowest BCUT2D eigenvalue weighted by molar-refractivity contribution is 0.256. The van der Waals surface area contributed by atoms with E-state index in [4.69, 9.17) is 14.1 Å². The van der Waals surface area contributed by atoms with Crippen molar-refractivity contribution in [2.75, 3.05) is 37.7 Å². The Morgan fingerprint density at radius 1 is 1.00 bits per heavy atom. The van der Waals surface area contributed by atoms with Gasteiger partial charge in [-0.15, -0.1) is 0 Å². The summed E-state index contributed by atoms with van der Waals surface area (Å²) in [5.74, 6) is 0.746. The molecular weight excluding hydrogens is 352 g/mol. The zero-order valence-electron chi connectivity index (χ0n) is 16.1. The molecule has 1 fully saturated rings. The summed E-state index contributed by atoms with van der Waals surface area (Å²) in [5, 5.41) is 0. The first kappa shape index (κ1) is 17.5. The monoisotopic (exact) mass is 378 g/mol. The van der Waals surface area contributed by atoms with Crippen molar-refractivity contribution in [2.45, 2.75) is 32.2 Å². The molecule has 0 unspecified atom stereocenters. The molecule has 146 valence electrons. The molecule has 28 heavy (non-hydrogen) atoms. The molecule has 2 aliphatic heterocycles. The van der Waals surface area contributed by atoms with E-state index in [1.807, 2.05) is 30.3 Å². The first-order chi connectivity index (χ1) is 13.8. The fraction of sp³-hybridized carbons (Fsp3) is 0.455. The van der Waals surface area contributed by atoms with E-state index in [0.29, 0.717) is 6.01 Å². The Morgan fingerprint density at radius 3 is 2.79 bits per heavy atom. The van der Waals surface area contributed by atoms with Gasteiger partial charge in [0.2, 0.25) is 5.88 Å². The Hall–Kier alpha value is -2.60. The van der Waals surface area contributed by atoms with Crippen LogP contribution in [0.4, 0.5) is 6.01 Å². The number of fused-ring (bicyclic) bond motifs is 2. The lowest BCUT2D eigenvalue weighted by atomic mass is 10.1. The molecule has 3 aromatic rings. The van der Waals surface area contributed by atoms with E-state index in [9.17, 15) is 0 Å². The number of para-hydroxylation sites is 2. The minimum absolute atomic E-state index is 0.689. The molecule has 2 aromatic heterocycles. The van der Waals surface area contributed by atoms with Crippen LogP contribution in [-0.2, 0) is 13.0 Å². The highest BCUT2D eigenvalue weighted by atomic mass is 16.5. The number of rotatable bonds is 6. The number of hydrogen-bond donors (Lipinski definition) is 0. The van der Waals surface area contributed by atoms with E-state index in [2.05, 4.69) is 20.9 Å². The van der Waals surface area contributed by atoms with Crippen LogP contribution >= 0.6 is 0 Å². The minimum atomic E-state index is 0.689. The molecule has 6 nitrogen and oxygen atoms in total. The molecule has 0 N–H and O–H groups in total. The molecule has 1 saturated heterocycles. The maximum absolute atomic E-state index is 5.92. The fourth-order valence-electron chi connectivity index (χ4n) is 4.11. The topological polar surface area (TPSA) is 54.6 Å². The lowest BCUT2D eigenvalue weighted by Gasteiger charge is -2.26. The lowest BCUT2D eigenvalue weighted by Crippen LogP contribution is -2.31. The van der Waals surface area contributed by atoms with E-state index < -0.39 is 0 Å². The maximum Gasteiger partial charge on any atom is 0.298 e. The summed E-state index contributed by atoms with van der Waals surface area (Å²) in [6.45, 7) is 5.97. The van der Waals surface area contributed by atoms with Gasteiger partial charge in [0.1, 0.15) is 5.52 Å². The SMILES string of the molecule is c1ccc2oc(N3CCc4nc(OCCCN5CCCC5)ccc4C3)nc2c1. The van der Waals surface area contributed by atoms with E-state index in [-0.39, 0.29) is 0 Å². The summed E-state index contributed by atoms with van der Waals surface area (Å²) >= 11 is 0. The van der Waals surface area contributed by atoms with E-state index in [1.54, 1.807) is 0 Å². The summed E-state index contributed by atoms with van der Waals surface area (Å²) in [4.78, 5) is 14.1. The highest BCUT2D eigenvalue weighted by molar-refractivity contribution is 5.74. The van der Waals surface area contributed by atoms with Crippen LogP contribution in [0, 0.1) is 0 Å². The molecule has 0 spiro atoms. The Kier molecular flexibility index (Phi) is 4.87. The van der Waals surface area contributed by atoms with Gasteiger partial charge in [-0.1, -0.05) is 18.2 Å². The summed E-state index contributed by atoms with van der Waals surface area (Å²) in [5.41, 5.74) is 4.08. The molecular formula is C22H26N4O2. The van der Waals surface area contributed by atoms with Crippen LogP contribution in [-0.4, -0.2) is 47.7 Å². The summed E-state index contributed by atoms with van der Waals surface area (Å²) in [6.07, 6.45) is 4.62. The van der Waals surface area contributed by atoms with Crippen LogP contribution in [0.5, 0.6) is 5.88 Å². The number of benzene rings is 1. The molecule has 0 aliphatic carbocycles. The highest BCUT2D eigenvalue weighted by Gasteiger charge is 2.22. The number of aromatic nitrogens is 2. The van der Waals surface area contributed by atoms with Crippen molar-refractivity contribution in [1.29, 1.82) is 0 Å². The fourth-order valence-corrected chi connectivity index (χ4v) is 4.11. The van der Waals surface area contributed by atoms with Gasteiger partial charge in [0, 0.05) is 32.1 Å². The van der Waals surface area contributed by atoms with Gasteiger partial charge in [-0.05, 0) is 50.0 Å². The Balaban J connectivity index is 1.19. The molecule has 0 saturated carbocycles. The number of oxazole rings is 1. The van der Waals surface area contributed by atoms with Crippen LogP contribution in [0.1, 0.15) is 30.5 Å². The smallest absolute Gasteiger partial charge is 0.298 e. The zero-order valence-corrected chi connectivity index (χ0v) is 16.1. The van der Waals surface area contributed by atoms with Gasteiger partial charge in [-0.2, -0.15) is 4.98 Å². The van der Waals surface area contributed by atoms with Crippen molar-refractivity contribution in [3.05, 3.63) is 47.7 Å². The first-order valence-electron chi connectivity index (χ1n) is 10.3. The Labute approximate surface area is 165 Å². The Morgan fingerprint density at radius 2 is 1.89 bits per heavy atom. The van der Waals surface area contributed by atoms with Crippen molar-refractivity contribution in [3.63, 3.8) is 0 Å². The van der Waals surface area contributed by atoms with Crippen LogP contribution in [0.15, 0.2) is 40.8 Å². The van der Waals surface area contributed by atoms with E-state index >= 15 is 0 Å². The second-order valence-corrected chi connectivity index (χ2v) is 7.64. The number of hydrogen-bond acceptors (Lipinski definition) is 6.